The molecule has 0 saturated heterocycles. The van der Waals surface area contributed by atoms with E-state index in [1.54, 1.807) is 6.92 Å². The van der Waals surface area contributed by atoms with E-state index in [1.165, 1.54) is 12.3 Å². The standard InChI is InChI=1S/C8H8ClNO3/c1-2-13-8(12)6-5(9)3-4-10-7(6)11/h3-4H,2H2,1H3,(H,10,11). The lowest BCUT2D eigenvalue weighted by atomic mass is 10.3. The van der Waals surface area contributed by atoms with E-state index in [2.05, 4.69) is 9.72 Å². The molecule has 1 aromatic heterocycles. The molecule has 70 valence electrons. The van der Waals surface area contributed by atoms with Gasteiger partial charge in [-0.1, -0.05) is 11.6 Å². The summed E-state index contributed by atoms with van der Waals surface area (Å²) in [6.07, 6.45) is 1.37. The summed E-state index contributed by atoms with van der Waals surface area (Å²) in [6, 6.07) is 1.43. The molecule has 0 unspecified atom stereocenters. The van der Waals surface area contributed by atoms with E-state index in [4.69, 9.17) is 11.6 Å². The predicted molar refractivity (Wildman–Crippen MR) is 48.0 cm³/mol. The Morgan fingerprint density at radius 2 is 2.38 bits per heavy atom. The first kappa shape index (κ1) is 9.80. The average Bonchev–Trinajstić information content (AvgIpc) is 2.04. The molecule has 0 aromatic carbocycles. The number of aromatic amines is 1. The van der Waals surface area contributed by atoms with Crippen LogP contribution in [-0.4, -0.2) is 17.6 Å². The van der Waals surface area contributed by atoms with Gasteiger partial charge in [-0.3, -0.25) is 4.79 Å². The summed E-state index contributed by atoms with van der Waals surface area (Å²) >= 11 is 5.64. The molecule has 0 aliphatic rings. The second kappa shape index (κ2) is 4.09. The van der Waals surface area contributed by atoms with Gasteiger partial charge in [-0.2, -0.15) is 0 Å². The lowest BCUT2D eigenvalue weighted by molar-refractivity contribution is 0.0524. The molecule has 0 saturated carbocycles. The molecule has 4 nitrogen and oxygen atoms in total. The van der Waals surface area contributed by atoms with E-state index in [9.17, 15) is 9.59 Å². The highest BCUT2D eigenvalue weighted by Gasteiger charge is 2.15. The smallest absolute Gasteiger partial charge is 0.345 e. The monoisotopic (exact) mass is 201 g/mol. The largest absolute Gasteiger partial charge is 0.462 e. The summed E-state index contributed by atoms with van der Waals surface area (Å²) in [7, 11) is 0. The summed E-state index contributed by atoms with van der Waals surface area (Å²) in [5.41, 5.74) is -0.683. The van der Waals surface area contributed by atoms with E-state index >= 15 is 0 Å². The van der Waals surface area contributed by atoms with Crippen LogP contribution >= 0.6 is 11.6 Å². The number of H-pyrrole nitrogens is 1. The molecule has 0 spiro atoms. The maximum absolute atomic E-state index is 11.2. The lowest BCUT2D eigenvalue weighted by Crippen LogP contribution is -2.19. The van der Waals surface area contributed by atoms with Crippen molar-refractivity contribution in [3.8, 4) is 0 Å². The van der Waals surface area contributed by atoms with Crippen LogP contribution in [0.5, 0.6) is 0 Å². The van der Waals surface area contributed by atoms with Crippen LogP contribution in [0.1, 0.15) is 17.3 Å². The van der Waals surface area contributed by atoms with Gasteiger partial charge in [0.2, 0.25) is 0 Å². The number of carbonyl (C=O) groups excluding carboxylic acids is 1. The molecule has 1 N–H and O–H groups in total. The van der Waals surface area contributed by atoms with Crippen LogP contribution in [0.2, 0.25) is 5.02 Å². The molecule has 0 atom stereocenters. The molecule has 0 radical (unpaired) electrons. The van der Waals surface area contributed by atoms with Crippen molar-refractivity contribution in [1.29, 1.82) is 0 Å². The number of aromatic nitrogens is 1. The normalized spacial score (nSPS) is 9.69. The molecule has 0 aliphatic carbocycles. The Morgan fingerprint density at radius 1 is 1.69 bits per heavy atom. The number of ether oxygens (including phenoxy) is 1. The molecule has 1 rings (SSSR count). The van der Waals surface area contributed by atoms with Gasteiger partial charge in [0.15, 0.2) is 0 Å². The topological polar surface area (TPSA) is 59.2 Å². The maximum atomic E-state index is 11.2. The Morgan fingerprint density at radius 3 is 2.92 bits per heavy atom. The zero-order chi connectivity index (χ0) is 9.84. The second-order valence-electron chi connectivity index (χ2n) is 2.25. The second-order valence-corrected chi connectivity index (χ2v) is 2.66. The van der Waals surface area contributed by atoms with Gasteiger partial charge in [0.05, 0.1) is 11.6 Å². The Balaban J connectivity index is 3.13. The van der Waals surface area contributed by atoms with E-state index in [1.807, 2.05) is 0 Å². The molecular formula is C8H8ClNO3. The fourth-order valence-corrected chi connectivity index (χ4v) is 1.07. The number of nitrogens with one attached hydrogen (secondary N) is 1. The molecule has 0 aliphatic heterocycles. The molecule has 0 fully saturated rings. The number of hydrogen-bond donors (Lipinski definition) is 1. The number of hydrogen-bond acceptors (Lipinski definition) is 3. The van der Waals surface area contributed by atoms with Crippen molar-refractivity contribution < 1.29 is 9.53 Å². The molecule has 1 aromatic rings. The highest BCUT2D eigenvalue weighted by molar-refractivity contribution is 6.33. The lowest BCUT2D eigenvalue weighted by Gasteiger charge is -2.01. The third-order valence-electron chi connectivity index (χ3n) is 1.39. The third-order valence-corrected chi connectivity index (χ3v) is 1.70. The van der Waals surface area contributed by atoms with E-state index < -0.39 is 11.5 Å². The number of halogens is 1. The van der Waals surface area contributed by atoms with Crippen LogP contribution in [0.25, 0.3) is 0 Å². The minimum absolute atomic E-state index is 0.0993. The Kier molecular flexibility index (Phi) is 3.08. The van der Waals surface area contributed by atoms with Gasteiger partial charge in [0, 0.05) is 6.20 Å². The Labute approximate surface area is 79.5 Å². The van der Waals surface area contributed by atoms with Crippen LogP contribution < -0.4 is 5.56 Å². The number of carbonyl (C=O) groups is 1. The minimum atomic E-state index is -0.700. The van der Waals surface area contributed by atoms with E-state index in [-0.39, 0.29) is 17.2 Å². The van der Waals surface area contributed by atoms with Gasteiger partial charge in [-0.25, -0.2) is 4.79 Å². The van der Waals surface area contributed by atoms with Crippen molar-refractivity contribution in [3.05, 3.63) is 33.2 Å². The van der Waals surface area contributed by atoms with Crippen LogP contribution in [0.15, 0.2) is 17.1 Å². The minimum Gasteiger partial charge on any atom is -0.462 e. The number of pyridine rings is 1. The van der Waals surface area contributed by atoms with Crippen molar-refractivity contribution >= 4 is 17.6 Å². The van der Waals surface area contributed by atoms with Gasteiger partial charge < -0.3 is 9.72 Å². The van der Waals surface area contributed by atoms with Gasteiger partial charge >= 0.3 is 5.97 Å². The fraction of sp³-hybridized carbons (Fsp3) is 0.250. The summed E-state index contributed by atoms with van der Waals surface area (Å²) in [5, 5.41) is 0.0993. The summed E-state index contributed by atoms with van der Waals surface area (Å²) < 4.78 is 4.65. The van der Waals surface area contributed by atoms with Crippen molar-refractivity contribution in [1.82, 2.24) is 4.98 Å². The highest BCUT2D eigenvalue weighted by atomic mass is 35.5. The van der Waals surface area contributed by atoms with Crippen molar-refractivity contribution in [3.63, 3.8) is 0 Å². The third kappa shape index (κ3) is 2.09. The highest BCUT2D eigenvalue weighted by Crippen LogP contribution is 2.10. The van der Waals surface area contributed by atoms with Gasteiger partial charge in [-0.05, 0) is 13.0 Å². The van der Waals surface area contributed by atoms with Crippen LogP contribution in [0, 0.1) is 0 Å². The van der Waals surface area contributed by atoms with Gasteiger partial charge in [0.1, 0.15) is 5.56 Å². The summed E-state index contributed by atoms with van der Waals surface area (Å²) in [5.74, 6) is -0.700. The van der Waals surface area contributed by atoms with Crippen molar-refractivity contribution in [2.75, 3.05) is 6.61 Å². The first-order valence-electron chi connectivity index (χ1n) is 3.71. The van der Waals surface area contributed by atoms with Crippen molar-refractivity contribution in [2.45, 2.75) is 6.92 Å². The predicted octanol–water partition coefficient (Wildman–Crippen LogP) is 1.21. The SMILES string of the molecule is CCOC(=O)c1c(Cl)cc[nH]c1=O. The fourth-order valence-electron chi connectivity index (χ4n) is 0.848. The molecule has 0 amide bonds. The molecular weight excluding hydrogens is 194 g/mol. The first-order valence-corrected chi connectivity index (χ1v) is 4.09. The van der Waals surface area contributed by atoms with Crippen molar-refractivity contribution in [2.24, 2.45) is 0 Å². The Bertz CT molecular complexity index is 372. The van der Waals surface area contributed by atoms with E-state index in [0.717, 1.165) is 0 Å². The zero-order valence-corrected chi connectivity index (χ0v) is 7.72. The van der Waals surface area contributed by atoms with Crippen LogP contribution in [0.3, 0.4) is 0 Å². The maximum Gasteiger partial charge on any atom is 0.345 e. The molecule has 13 heavy (non-hydrogen) atoms. The average molecular weight is 202 g/mol. The summed E-state index contributed by atoms with van der Waals surface area (Å²) in [6.45, 7) is 1.87. The first-order chi connectivity index (χ1) is 6.16. The zero-order valence-electron chi connectivity index (χ0n) is 6.96. The molecule has 1 heterocycles. The molecule has 0 bridgehead atoms. The summed E-state index contributed by atoms with van der Waals surface area (Å²) in [4.78, 5) is 24.6. The van der Waals surface area contributed by atoms with Crippen LogP contribution in [0.4, 0.5) is 0 Å². The number of rotatable bonds is 2. The van der Waals surface area contributed by atoms with Gasteiger partial charge in [-0.15, -0.1) is 0 Å². The van der Waals surface area contributed by atoms with Crippen LogP contribution in [-0.2, 0) is 4.74 Å². The quantitative estimate of drug-likeness (QED) is 0.732. The van der Waals surface area contributed by atoms with E-state index in [0.29, 0.717) is 0 Å². The molecule has 5 heteroatoms. The van der Waals surface area contributed by atoms with Gasteiger partial charge in [0.25, 0.3) is 5.56 Å². The Hall–Kier alpha value is -1.29. The number of esters is 1.